The lowest BCUT2D eigenvalue weighted by Gasteiger charge is -2.49. The van der Waals surface area contributed by atoms with Gasteiger partial charge in [-0.1, -0.05) is 12.8 Å². The number of carbonyl (C=O) groups excluding carboxylic acids is 2. The Bertz CT molecular complexity index is 844. The van der Waals surface area contributed by atoms with Gasteiger partial charge in [-0.2, -0.15) is 0 Å². The van der Waals surface area contributed by atoms with Crippen LogP contribution in [0.15, 0.2) is 15.8 Å². The molecule has 1 spiro atoms. The molecule has 0 atom stereocenters. The number of likely N-dealkylation sites (tertiary alicyclic amines) is 2. The average molecular weight is 374 g/mol. The summed E-state index contributed by atoms with van der Waals surface area (Å²) in [6.07, 6.45) is 9.00. The van der Waals surface area contributed by atoms with Crippen LogP contribution < -0.4 is 11.2 Å². The van der Waals surface area contributed by atoms with Crippen LogP contribution in [0.3, 0.4) is 0 Å². The van der Waals surface area contributed by atoms with E-state index in [1.165, 1.54) is 19.0 Å². The van der Waals surface area contributed by atoms with Crippen molar-refractivity contribution in [2.45, 2.75) is 57.4 Å². The summed E-state index contributed by atoms with van der Waals surface area (Å²) in [5, 5.41) is 0. The van der Waals surface area contributed by atoms with E-state index in [9.17, 15) is 19.2 Å². The van der Waals surface area contributed by atoms with Crippen LogP contribution in [0.4, 0.5) is 0 Å². The second-order valence-corrected chi connectivity index (χ2v) is 8.24. The zero-order chi connectivity index (χ0) is 19.0. The molecule has 0 bridgehead atoms. The quantitative estimate of drug-likeness (QED) is 0.800. The van der Waals surface area contributed by atoms with E-state index in [0.717, 1.165) is 38.6 Å². The largest absolute Gasteiger partial charge is 0.339 e. The number of rotatable bonds is 2. The first-order valence-corrected chi connectivity index (χ1v) is 9.88. The van der Waals surface area contributed by atoms with Gasteiger partial charge in [0.1, 0.15) is 5.56 Å². The van der Waals surface area contributed by atoms with Gasteiger partial charge in [0.2, 0.25) is 5.91 Å². The fourth-order valence-electron chi connectivity index (χ4n) is 4.92. The Morgan fingerprint density at radius 1 is 1.07 bits per heavy atom. The molecule has 1 aromatic heterocycles. The lowest BCUT2D eigenvalue weighted by atomic mass is 9.72. The van der Waals surface area contributed by atoms with Crippen molar-refractivity contribution >= 4 is 11.8 Å². The van der Waals surface area contributed by atoms with Crippen molar-refractivity contribution in [2.75, 3.05) is 19.6 Å². The number of aromatic amines is 2. The number of amides is 2. The number of hydrogen-bond acceptors (Lipinski definition) is 4. The van der Waals surface area contributed by atoms with Gasteiger partial charge in [-0.25, -0.2) is 4.79 Å². The summed E-state index contributed by atoms with van der Waals surface area (Å²) in [5.74, 6) is -0.0623. The molecule has 0 unspecified atom stereocenters. The van der Waals surface area contributed by atoms with Gasteiger partial charge in [-0.3, -0.25) is 19.4 Å². The SMILES string of the molecule is O=C(c1c[nH]c(=O)[nH]c1=O)N1CCC2(CCC(=O)N(C3CCCC3)C2)CC1. The summed E-state index contributed by atoms with van der Waals surface area (Å²) in [4.78, 5) is 56.3. The highest BCUT2D eigenvalue weighted by Gasteiger charge is 2.44. The van der Waals surface area contributed by atoms with Crippen LogP contribution >= 0.6 is 0 Å². The van der Waals surface area contributed by atoms with Crippen LogP contribution in [0.25, 0.3) is 0 Å². The Kier molecular flexibility index (Phi) is 4.65. The maximum atomic E-state index is 12.6. The van der Waals surface area contributed by atoms with Crippen molar-refractivity contribution in [3.8, 4) is 0 Å². The standard InChI is InChI=1S/C19H26N4O4/c24-15-5-6-19(12-23(15)13-3-1-2-4-13)7-9-22(10-8-19)17(26)14-11-20-18(27)21-16(14)25/h11,13H,1-10,12H2,(H2,20,21,25,27). The van der Waals surface area contributed by atoms with Crippen LogP contribution in [-0.4, -0.2) is 57.3 Å². The van der Waals surface area contributed by atoms with E-state index in [1.807, 2.05) is 0 Å². The fraction of sp³-hybridized carbons (Fsp3) is 0.684. The van der Waals surface area contributed by atoms with Gasteiger partial charge < -0.3 is 14.8 Å². The van der Waals surface area contributed by atoms with Gasteiger partial charge in [0.15, 0.2) is 0 Å². The van der Waals surface area contributed by atoms with Crippen molar-refractivity contribution in [1.82, 2.24) is 19.8 Å². The average Bonchev–Trinajstić information content (AvgIpc) is 3.19. The molecule has 8 nitrogen and oxygen atoms in total. The molecule has 2 N–H and O–H groups in total. The van der Waals surface area contributed by atoms with Gasteiger partial charge in [-0.15, -0.1) is 0 Å². The van der Waals surface area contributed by atoms with Gasteiger partial charge >= 0.3 is 5.69 Å². The second kappa shape index (κ2) is 6.98. The number of aromatic nitrogens is 2. The Balaban J connectivity index is 1.43. The topological polar surface area (TPSA) is 106 Å². The first-order valence-electron chi connectivity index (χ1n) is 9.88. The van der Waals surface area contributed by atoms with E-state index >= 15 is 0 Å². The number of nitrogens with zero attached hydrogens (tertiary/aromatic N) is 2. The molecule has 1 saturated carbocycles. The molecule has 0 radical (unpaired) electrons. The van der Waals surface area contributed by atoms with Crippen LogP contribution in [-0.2, 0) is 4.79 Å². The zero-order valence-corrected chi connectivity index (χ0v) is 15.5. The molecule has 4 rings (SSSR count). The Hall–Kier alpha value is -2.38. The normalized spacial score (nSPS) is 23.2. The predicted octanol–water partition coefficient (Wildman–Crippen LogP) is 0.851. The predicted molar refractivity (Wildman–Crippen MR) is 98.5 cm³/mol. The first kappa shape index (κ1) is 18.0. The Morgan fingerprint density at radius 3 is 2.44 bits per heavy atom. The summed E-state index contributed by atoms with van der Waals surface area (Å²) in [6.45, 7) is 1.95. The third kappa shape index (κ3) is 3.44. The van der Waals surface area contributed by atoms with Crippen molar-refractivity contribution < 1.29 is 9.59 Å². The summed E-state index contributed by atoms with van der Waals surface area (Å²) in [5.41, 5.74) is -1.21. The highest BCUT2D eigenvalue weighted by atomic mass is 16.2. The lowest BCUT2D eigenvalue weighted by Crippen LogP contribution is -2.54. The molecule has 0 aromatic carbocycles. The van der Waals surface area contributed by atoms with E-state index < -0.39 is 11.2 Å². The maximum Gasteiger partial charge on any atom is 0.325 e. The van der Waals surface area contributed by atoms with Gasteiger partial charge in [0, 0.05) is 38.3 Å². The van der Waals surface area contributed by atoms with Crippen LogP contribution in [0.1, 0.15) is 61.7 Å². The third-order valence-electron chi connectivity index (χ3n) is 6.62. The fourth-order valence-corrected chi connectivity index (χ4v) is 4.92. The minimum atomic E-state index is -0.653. The highest BCUT2D eigenvalue weighted by molar-refractivity contribution is 5.93. The zero-order valence-electron chi connectivity index (χ0n) is 15.5. The molecule has 3 aliphatic rings. The molecule has 2 amide bonds. The summed E-state index contributed by atoms with van der Waals surface area (Å²) in [7, 11) is 0. The van der Waals surface area contributed by atoms with E-state index in [0.29, 0.717) is 25.6 Å². The minimum absolute atomic E-state index is 0.0306. The first-order chi connectivity index (χ1) is 13.0. The van der Waals surface area contributed by atoms with Crippen molar-refractivity contribution in [2.24, 2.45) is 5.41 Å². The molecular weight excluding hydrogens is 348 g/mol. The molecule has 27 heavy (non-hydrogen) atoms. The Morgan fingerprint density at radius 2 is 1.78 bits per heavy atom. The third-order valence-corrected chi connectivity index (χ3v) is 6.62. The van der Waals surface area contributed by atoms with E-state index in [-0.39, 0.29) is 22.8 Å². The van der Waals surface area contributed by atoms with E-state index in [1.54, 1.807) is 4.90 Å². The molecule has 2 aliphatic heterocycles. The van der Waals surface area contributed by atoms with Gasteiger partial charge in [-0.05, 0) is 37.5 Å². The van der Waals surface area contributed by atoms with Gasteiger partial charge in [0.05, 0.1) is 0 Å². The van der Waals surface area contributed by atoms with Crippen molar-refractivity contribution in [3.63, 3.8) is 0 Å². The van der Waals surface area contributed by atoms with Crippen LogP contribution in [0.2, 0.25) is 0 Å². The van der Waals surface area contributed by atoms with Crippen molar-refractivity contribution in [1.29, 1.82) is 0 Å². The summed E-state index contributed by atoms with van der Waals surface area (Å²) in [6, 6.07) is 0.397. The Labute approximate surface area is 156 Å². The van der Waals surface area contributed by atoms with Crippen molar-refractivity contribution in [3.05, 3.63) is 32.6 Å². The molecule has 2 saturated heterocycles. The molecule has 146 valence electrons. The van der Waals surface area contributed by atoms with Crippen LogP contribution in [0, 0.1) is 5.41 Å². The second-order valence-electron chi connectivity index (χ2n) is 8.24. The smallest absolute Gasteiger partial charge is 0.325 e. The number of carbonyl (C=O) groups is 2. The lowest BCUT2D eigenvalue weighted by molar-refractivity contribution is -0.142. The monoisotopic (exact) mass is 374 g/mol. The number of piperidine rings is 2. The van der Waals surface area contributed by atoms with Gasteiger partial charge in [0.25, 0.3) is 11.5 Å². The highest BCUT2D eigenvalue weighted by Crippen LogP contribution is 2.42. The van der Waals surface area contributed by atoms with Crippen LogP contribution in [0.5, 0.6) is 0 Å². The molecule has 3 fully saturated rings. The number of nitrogens with one attached hydrogen (secondary N) is 2. The summed E-state index contributed by atoms with van der Waals surface area (Å²) >= 11 is 0. The maximum absolute atomic E-state index is 12.6. The molecule has 1 aliphatic carbocycles. The number of H-pyrrole nitrogens is 2. The molecule has 3 heterocycles. The van der Waals surface area contributed by atoms with E-state index in [2.05, 4.69) is 14.9 Å². The van der Waals surface area contributed by atoms with E-state index in [4.69, 9.17) is 0 Å². The molecule has 8 heteroatoms. The minimum Gasteiger partial charge on any atom is -0.339 e. The molecule has 1 aromatic rings. The summed E-state index contributed by atoms with van der Waals surface area (Å²) < 4.78 is 0. The molecular formula is C19H26N4O4. The number of hydrogen-bond donors (Lipinski definition) is 2.